The standard InChI is InChI=1S/C18H23N5O4S3/c1-3-12(14-7-6-11(2)27-14)19-16-17(22-29-21-16)20-13-10-28-18(15(13)24)30(25,26)23-8-4-5-9-23/h6-7,10,12,24H,3-5,8-9H2,1-2H3,(H,19,21)(H,20,22)/t12-/m1/s1. The van der Waals surface area contributed by atoms with Crippen LogP contribution in [0.15, 0.2) is 26.1 Å². The lowest BCUT2D eigenvalue weighted by Gasteiger charge is -2.15. The zero-order valence-corrected chi connectivity index (χ0v) is 19.0. The van der Waals surface area contributed by atoms with Gasteiger partial charge in [0.2, 0.25) is 0 Å². The van der Waals surface area contributed by atoms with Gasteiger partial charge in [0.25, 0.3) is 10.0 Å². The van der Waals surface area contributed by atoms with E-state index in [1.165, 1.54) is 4.31 Å². The third-order valence-electron chi connectivity index (χ3n) is 4.94. The number of nitrogens with one attached hydrogen (secondary N) is 2. The van der Waals surface area contributed by atoms with E-state index in [1.54, 1.807) is 5.38 Å². The molecule has 0 bridgehead atoms. The highest BCUT2D eigenvalue weighted by atomic mass is 32.2. The van der Waals surface area contributed by atoms with Crippen LogP contribution >= 0.6 is 23.1 Å². The average Bonchev–Trinajstić information content (AvgIpc) is 3.49. The average molecular weight is 470 g/mol. The van der Waals surface area contributed by atoms with Gasteiger partial charge in [0.15, 0.2) is 21.6 Å². The zero-order chi connectivity index (χ0) is 21.3. The van der Waals surface area contributed by atoms with Gasteiger partial charge in [-0.05, 0) is 38.3 Å². The normalized spacial score (nSPS) is 16.1. The second-order valence-electron chi connectivity index (χ2n) is 7.04. The molecule has 12 heteroatoms. The molecular formula is C18H23N5O4S3. The molecule has 0 spiro atoms. The summed E-state index contributed by atoms with van der Waals surface area (Å²) in [6.07, 6.45) is 2.44. The highest BCUT2D eigenvalue weighted by Crippen LogP contribution is 2.42. The first kappa shape index (κ1) is 21.1. The molecule has 0 radical (unpaired) electrons. The number of anilines is 3. The summed E-state index contributed by atoms with van der Waals surface area (Å²) in [6, 6.07) is 3.73. The molecule has 1 aliphatic rings. The first-order valence-electron chi connectivity index (χ1n) is 9.63. The molecule has 1 atom stereocenters. The molecule has 0 unspecified atom stereocenters. The van der Waals surface area contributed by atoms with Crippen molar-refractivity contribution in [3.63, 3.8) is 0 Å². The second-order valence-corrected chi connectivity index (χ2v) is 10.6. The summed E-state index contributed by atoms with van der Waals surface area (Å²) in [7, 11) is -3.69. The maximum atomic E-state index is 12.8. The van der Waals surface area contributed by atoms with Gasteiger partial charge in [-0.25, -0.2) is 8.42 Å². The van der Waals surface area contributed by atoms with Crippen LogP contribution < -0.4 is 10.6 Å². The third kappa shape index (κ3) is 4.04. The number of nitrogens with zero attached hydrogens (tertiary/aromatic N) is 3. The van der Waals surface area contributed by atoms with Crippen LogP contribution in [0.5, 0.6) is 5.75 Å². The Morgan fingerprint density at radius 1 is 1.27 bits per heavy atom. The van der Waals surface area contributed by atoms with Gasteiger partial charge < -0.3 is 20.2 Å². The number of hydrogen-bond acceptors (Lipinski definition) is 10. The quantitative estimate of drug-likeness (QED) is 0.447. The lowest BCUT2D eigenvalue weighted by Crippen LogP contribution is -2.27. The van der Waals surface area contributed by atoms with Gasteiger partial charge >= 0.3 is 0 Å². The van der Waals surface area contributed by atoms with Gasteiger partial charge in [-0.3, -0.25) is 0 Å². The van der Waals surface area contributed by atoms with E-state index in [-0.39, 0.29) is 21.7 Å². The third-order valence-corrected chi connectivity index (χ3v) is 8.85. The van der Waals surface area contributed by atoms with Gasteiger partial charge in [0, 0.05) is 18.5 Å². The van der Waals surface area contributed by atoms with Crippen molar-refractivity contribution in [2.75, 3.05) is 23.7 Å². The second kappa shape index (κ2) is 8.53. The molecule has 0 amide bonds. The van der Waals surface area contributed by atoms with E-state index in [4.69, 9.17) is 4.42 Å². The fourth-order valence-electron chi connectivity index (χ4n) is 3.32. The molecule has 4 rings (SSSR count). The summed E-state index contributed by atoms with van der Waals surface area (Å²) in [5.74, 6) is 2.26. The molecule has 1 aliphatic heterocycles. The molecule has 3 aromatic heterocycles. The van der Waals surface area contributed by atoms with Crippen LogP contribution in [-0.2, 0) is 10.0 Å². The molecule has 162 valence electrons. The van der Waals surface area contributed by atoms with E-state index in [2.05, 4.69) is 19.4 Å². The number of rotatable bonds is 8. The smallest absolute Gasteiger partial charge is 0.256 e. The first-order chi connectivity index (χ1) is 14.4. The minimum absolute atomic E-state index is 0.0536. The minimum atomic E-state index is -3.69. The molecule has 9 nitrogen and oxygen atoms in total. The molecule has 30 heavy (non-hydrogen) atoms. The minimum Gasteiger partial charge on any atom is -0.504 e. The van der Waals surface area contributed by atoms with Crippen LogP contribution in [0.3, 0.4) is 0 Å². The lowest BCUT2D eigenvalue weighted by molar-refractivity contribution is 0.450. The van der Waals surface area contributed by atoms with Crippen LogP contribution in [0.2, 0.25) is 0 Å². The van der Waals surface area contributed by atoms with Crippen molar-refractivity contribution in [1.29, 1.82) is 0 Å². The van der Waals surface area contributed by atoms with Crippen LogP contribution in [-0.4, -0.2) is 39.7 Å². The fraction of sp³-hybridized carbons (Fsp3) is 0.444. The SMILES string of the molecule is CC[C@@H](Nc1nsnc1Nc1csc(S(=O)(=O)N2CCCC2)c1O)c1ccc(C)o1. The van der Waals surface area contributed by atoms with Crippen molar-refractivity contribution >= 4 is 50.4 Å². The maximum Gasteiger partial charge on any atom is 0.256 e. The van der Waals surface area contributed by atoms with Gasteiger partial charge in [-0.15, -0.1) is 11.3 Å². The number of hydrogen-bond donors (Lipinski definition) is 3. The molecule has 0 aliphatic carbocycles. The van der Waals surface area contributed by atoms with Crippen molar-refractivity contribution < 1.29 is 17.9 Å². The molecule has 1 saturated heterocycles. The van der Waals surface area contributed by atoms with Crippen molar-refractivity contribution in [2.24, 2.45) is 0 Å². The zero-order valence-electron chi connectivity index (χ0n) is 16.6. The van der Waals surface area contributed by atoms with E-state index >= 15 is 0 Å². The first-order valence-corrected chi connectivity index (χ1v) is 12.7. The molecule has 0 saturated carbocycles. The van der Waals surface area contributed by atoms with E-state index in [0.29, 0.717) is 24.7 Å². The number of aryl methyl sites for hydroxylation is 1. The largest absolute Gasteiger partial charge is 0.504 e. The summed E-state index contributed by atoms with van der Waals surface area (Å²) < 4.78 is 41.2. The summed E-state index contributed by atoms with van der Waals surface area (Å²) >= 11 is 2.01. The van der Waals surface area contributed by atoms with Crippen LogP contribution in [0.4, 0.5) is 17.3 Å². The van der Waals surface area contributed by atoms with Crippen molar-refractivity contribution in [3.8, 4) is 5.75 Å². The van der Waals surface area contributed by atoms with E-state index in [0.717, 1.165) is 53.8 Å². The van der Waals surface area contributed by atoms with Crippen molar-refractivity contribution in [1.82, 2.24) is 13.1 Å². The number of furan rings is 1. The molecule has 4 heterocycles. The summed E-state index contributed by atoms with van der Waals surface area (Å²) in [6.45, 7) is 4.89. The molecule has 3 aromatic rings. The Bertz CT molecular complexity index is 1110. The maximum absolute atomic E-state index is 12.8. The number of sulfonamides is 1. The summed E-state index contributed by atoms with van der Waals surface area (Å²) in [5, 5.41) is 18.5. The predicted octanol–water partition coefficient (Wildman–Crippen LogP) is 4.30. The Hall–Kier alpha value is -2.15. The van der Waals surface area contributed by atoms with Crippen molar-refractivity contribution in [3.05, 3.63) is 29.0 Å². The fourth-order valence-corrected chi connectivity index (χ4v) is 6.69. The topological polar surface area (TPSA) is 121 Å². The van der Waals surface area contributed by atoms with E-state index in [1.807, 2.05) is 26.0 Å². The summed E-state index contributed by atoms with van der Waals surface area (Å²) in [5.41, 5.74) is 0.287. The van der Waals surface area contributed by atoms with Crippen LogP contribution in [0.25, 0.3) is 0 Å². The number of thiophene rings is 1. The predicted molar refractivity (Wildman–Crippen MR) is 117 cm³/mol. The molecule has 3 N–H and O–H groups in total. The highest BCUT2D eigenvalue weighted by molar-refractivity contribution is 7.91. The molecule has 0 aromatic carbocycles. The summed E-state index contributed by atoms with van der Waals surface area (Å²) in [4.78, 5) is 0. The van der Waals surface area contributed by atoms with Crippen LogP contribution in [0.1, 0.15) is 43.7 Å². The van der Waals surface area contributed by atoms with Gasteiger partial charge in [-0.2, -0.15) is 13.1 Å². The van der Waals surface area contributed by atoms with E-state index in [9.17, 15) is 13.5 Å². The highest BCUT2D eigenvalue weighted by Gasteiger charge is 2.32. The van der Waals surface area contributed by atoms with Gasteiger partial charge in [0.05, 0.1) is 23.5 Å². The number of aromatic nitrogens is 2. The van der Waals surface area contributed by atoms with Crippen LogP contribution in [0, 0.1) is 6.92 Å². The Morgan fingerprint density at radius 3 is 2.67 bits per heavy atom. The molecular weight excluding hydrogens is 446 g/mol. The van der Waals surface area contributed by atoms with Gasteiger partial charge in [0.1, 0.15) is 11.5 Å². The van der Waals surface area contributed by atoms with Crippen molar-refractivity contribution in [2.45, 2.75) is 43.4 Å². The molecule has 1 fully saturated rings. The Labute approximate surface area is 183 Å². The van der Waals surface area contributed by atoms with Gasteiger partial charge in [-0.1, -0.05) is 6.92 Å². The van der Waals surface area contributed by atoms with E-state index < -0.39 is 10.0 Å². The Kier molecular flexibility index (Phi) is 6.00. The lowest BCUT2D eigenvalue weighted by atomic mass is 10.2. The number of aromatic hydroxyl groups is 1. The Morgan fingerprint density at radius 2 is 2.00 bits per heavy atom. The monoisotopic (exact) mass is 469 g/mol. The Balaban J connectivity index is 1.54.